The molecule has 0 aromatic heterocycles. The van der Waals surface area contributed by atoms with Crippen LogP contribution in [0.25, 0.3) is 0 Å². The minimum Gasteiger partial charge on any atom is -0.351 e. The molecule has 0 aromatic carbocycles. The Labute approximate surface area is 162 Å². The summed E-state index contributed by atoms with van der Waals surface area (Å²) >= 11 is 3.73. The van der Waals surface area contributed by atoms with E-state index in [1.807, 2.05) is 23.5 Å². The first-order chi connectivity index (χ1) is 12.1. The third-order valence-electron chi connectivity index (χ3n) is 3.82. The van der Waals surface area contributed by atoms with Crippen LogP contribution >= 0.6 is 23.5 Å². The molecular weight excluding hydrogens is 352 g/mol. The molecule has 0 heterocycles. The lowest BCUT2D eigenvalue weighted by molar-refractivity contribution is -0.122. The molecule has 0 saturated carbocycles. The fourth-order valence-electron chi connectivity index (χ4n) is 2.37. The second-order valence-corrected chi connectivity index (χ2v) is 8.21. The molecule has 2 N–H and O–H groups in total. The second kappa shape index (κ2) is 18.2. The number of hydrogen-bond donors (Lipinski definition) is 2. The number of thioether (sulfide) groups is 2. The van der Waals surface area contributed by atoms with Crippen LogP contribution in [0, 0.1) is 0 Å². The third kappa shape index (κ3) is 18.0. The summed E-state index contributed by atoms with van der Waals surface area (Å²) in [6, 6.07) is 0. The molecule has 2 amide bonds. The van der Waals surface area contributed by atoms with Crippen LogP contribution < -0.4 is 10.6 Å². The van der Waals surface area contributed by atoms with E-state index in [2.05, 4.69) is 29.7 Å². The fourth-order valence-corrected chi connectivity index (χ4v) is 3.35. The Morgan fingerprint density at radius 3 is 1.76 bits per heavy atom. The molecule has 25 heavy (non-hydrogen) atoms. The highest BCUT2D eigenvalue weighted by Crippen LogP contribution is 2.07. The molecule has 0 atom stereocenters. The number of nitrogens with one attached hydrogen (secondary N) is 2. The van der Waals surface area contributed by atoms with Gasteiger partial charge in [0.05, 0.1) is 6.54 Å². The topological polar surface area (TPSA) is 58.2 Å². The predicted octanol–water partition coefficient (Wildman–Crippen LogP) is 4.36. The number of carbonyl (C=O) groups excluding carboxylic acids is 2. The molecule has 4 nitrogen and oxygen atoms in total. The molecule has 0 aliphatic rings. The van der Waals surface area contributed by atoms with Crippen molar-refractivity contribution in [3.8, 4) is 0 Å². The van der Waals surface area contributed by atoms with Gasteiger partial charge in [0.15, 0.2) is 0 Å². The van der Waals surface area contributed by atoms with E-state index in [4.69, 9.17) is 0 Å². The maximum Gasteiger partial charge on any atom is 0.224 e. The quantitative estimate of drug-likeness (QED) is 0.364. The van der Waals surface area contributed by atoms with Gasteiger partial charge in [-0.15, -0.1) is 0 Å². The van der Waals surface area contributed by atoms with Crippen molar-refractivity contribution in [3.05, 3.63) is 12.3 Å². The Kier molecular flexibility index (Phi) is 17.7. The molecule has 0 saturated heterocycles. The summed E-state index contributed by atoms with van der Waals surface area (Å²) in [5.41, 5.74) is 0.570. The number of unbranched alkanes of at least 4 members (excludes halogenated alkanes) is 6. The smallest absolute Gasteiger partial charge is 0.224 e. The number of rotatable bonds is 17. The summed E-state index contributed by atoms with van der Waals surface area (Å²) in [6.07, 6.45) is 14.2. The third-order valence-corrected chi connectivity index (χ3v) is 5.21. The van der Waals surface area contributed by atoms with E-state index < -0.39 is 0 Å². The molecule has 0 bridgehead atoms. The van der Waals surface area contributed by atoms with Gasteiger partial charge < -0.3 is 10.6 Å². The van der Waals surface area contributed by atoms with Crippen molar-refractivity contribution in [2.24, 2.45) is 0 Å². The van der Waals surface area contributed by atoms with Gasteiger partial charge in [0, 0.05) is 18.5 Å². The van der Waals surface area contributed by atoms with Crippen LogP contribution in [-0.2, 0) is 9.59 Å². The monoisotopic (exact) mass is 388 g/mol. The van der Waals surface area contributed by atoms with Crippen LogP contribution in [0.15, 0.2) is 12.3 Å². The second-order valence-electron chi connectivity index (χ2n) is 6.24. The molecule has 0 radical (unpaired) electrons. The summed E-state index contributed by atoms with van der Waals surface area (Å²) in [6.45, 7) is 4.14. The van der Waals surface area contributed by atoms with Crippen molar-refractivity contribution in [2.45, 2.75) is 64.2 Å². The van der Waals surface area contributed by atoms with E-state index in [9.17, 15) is 9.59 Å². The van der Waals surface area contributed by atoms with Crippen molar-refractivity contribution in [2.75, 3.05) is 30.6 Å². The van der Waals surface area contributed by atoms with Crippen LogP contribution in [0.2, 0.25) is 0 Å². The van der Waals surface area contributed by atoms with Crippen LogP contribution in [-0.4, -0.2) is 42.4 Å². The lowest BCUT2D eigenvalue weighted by Crippen LogP contribution is -2.32. The van der Waals surface area contributed by atoms with E-state index >= 15 is 0 Å². The summed E-state index contributed by atoms with van der Waals surface area (Å²) in [5, 5.41) is 5.59. The summed E-state index contributed by atoms with van der Waals surface area (Å²) in [7, 11) is 0. The van der Waals surface area contributed by atoms with Gasteiger partial charge in [-0.1, -0.05) is 32.3 Å². The van der Waals surface area contributed by atoms with Crippen LogP contribution in [0.3, 0.4) is 0 Å². The van der Waals surface area contributed by atoms with Crippen molar-refractivity contribution >= 4 is 35.3 Å². The lowest BCUT2D eigenvalue weighted by atomic mass is 10.1. The highest BCUT2D eigenvalue weighted by Gasteiger charge is 2.05. The maximum absolute atomic E-state index is 11.8. The van der Waals surface area contributed by atoms with Crippen molar-refractivity contribution < 1.29 is 9.59 Å². The molecule has 146 valence electrons. The fraction of sp³-hybridized carbons (Fsp3) is 0.789. The van der Waals surface area contributed by atoms with Crippen molar-refractivity contribution in [1.82, 2.24) is 10.6 Å². The Morgan fingerprint density at radius 1 is 0.760 bits per heavy atom. The zero-order valence-corrected chi connectivity index (χ0v) is 17.7. The van der Waals surface area contributed by atoms with Crippen molar-refractivity contribution in [1.29, 1.82) is 0 Å². The number of carbonyl (C=O) groups is 2. The van der Waals surface area contributed by atoms with E-state index in [0.29, 0.717) is 25.1 Å². The van der Waals surface area contributed by atoms with Crippen LogP contribution in [0.5, 0.6) is 0 Å². The molecule has 0 rings (SSSR count). The highest BCUT2D eigenvalue weighted by molar-refractivity contribution is 7.98. The van der Waals surface area contributed by atoms with E-state index in [1.165, 1.54) is 37.2 Å². The van der Waals surface area contributed by atoms with Crippen molar-refractivity contribution in [3.63, 3.8) is 0 Å². The van der Waals surface area contributed by atoms with E-state index in [0.717, 1.165) is 25.7 Å². The van der Waals surface area contributed by atoms with Gasteiger partial charge in [-0.2, -0.15) is 23.5 Å². The van der Waals surface area contributed by atoms with Crippen LogP contribution in [0.1, 0.15) is 64.2 Å². The van der Waals surface area contributed by atoms with Gasteiger partial charge >= 0.3 is 0 Å². The van der Waals surface area contributed by atoms with Gasteiger partial charge in [0.25, 0.3) is 0 Å². The first-order valence-corrected chi connectivity index (χ1v) is 12.1. The summed E-state index contributed by atoms with van der Waals surface area (Å²) in [5.74, 6) is 2.43. The molecule has 0 aliphatic carbocycles. The van der Waals surface area contributed by atoms with Gasteiger partial charge in [-0.3, -0.25) is 9.59 Å². The molecule has 0 fully saturated rings. The van der Waals surface area contributed by atoms with Gasteiger partial charge in [0.2, 0.25) is 11.8 Å². The largest absolute Gasteiger partial charge is 0.351 e. The molecule has 6 heteroatoms. The number of amides is 2. The molecule has 0 aliphatic heterocycles. The normalized spacial score (nSPS) is 10.5. The molecule has 0 unspecified atom stereocenters. The minimum atomic E-state index is -0.00194. The Balaban J connectivity index is 3.54. The molecule has 0 spiro atoms. The highest BCUT2D eigenvalue weighted by atomic mass is 32.2. The van der Waals surface area contributed by atoms with Gasteiger partial charge in [-0.25, -0.2) is 0 Å². The minimum absolute atomic E-state index is 0.00194. The summed E-state index contributed by atoms with van der Waals surface area (Å²) in [4.78, 5) is 23.5. The lowest BCUT2D eigenvalue weighted by Gasteiger charge is -2.10. The Bertz CT molecular complexity index is 376. The zero-order chi connectivity index (χ0) is 18.8. The molecule has 0 aromatic rings. The number of hydrogen-bond acceptors (Lipinski definition) is 4. The Hall–Kier alpha value is -0.620. The zero-order valence-electron chi connectivity index (χ0n) is 16.0. The first kappa shape index (κ1) is 24.4. The van der Waals surface area contributed by atoms with Gasteiger partial charge in [0.1, 0.15) is 0 Å². The average Bonchev–Trinajstić information content (AvgIpc) is 2.59. The molecular formula is C19H36N2O2S2. The van der Waals surface area contributed by atoms with Crippen LogP contribution in [0.4, 0.5) is 0 Å². The average molecular weight is 389 g/mol. The summed E-state index contributed by atoms with van der Waals surface area (Å²) < 4.78 is 0. The SMILES string of the molecule is C=C(CNC(=O)CCCCCCSC)NC(=O)CCCCCCSC. The first-order valence-electron chi connectivity index (χ1n) is 9.32. The predicted molar refractivity (Wildman–Crippen MR) is 113 cm³/mol. The van der Waals surface area contributed by atoms with E-state index in [-0.39, 0.29) is 11.8 Å². The maximum atomic E-state index is 11.8. The van der Waals surface area contributed by atoms with Gasteiger partial charge in [-0.05, 0) is 49.7 Å². The standard InChI is InChI=1S/C19H36N2O2S2/c1-17(21-19(23)13-9-5-7-11-15-25-3)16-20-18(22)12-8-4-6-10-14-24-2/h1,4-16H2,2-3H3,(H,20,22)(H,21,23). The van der Waals surface area contributed by atoms with E-state index in [1.54, 1.807) is 0 Å². The Morgan fingerprint density at radius 2 is 1.24 bits per heavy atom.